The smallest absolute Gasteiger partial charge is 0.254 e. The maximum atomic E-state index is 12.9. The van der Waals surface area contributed by atoms with Crippen LogP contribution in [0.25, 0.3) is 0 Å². The van der Waals surface area contributed by atoms with Crippen LogP contribution in [0.1, 0.15) is 29.8 Å². The number of carbonyl (C=O) groups excluding carboxylic acids is 1. The van der Waals surface area contributed by atoms with Crippen molar-refractivity contribution in [2.45, 2.75) is 36.6 Å². The predicted molar refractivity (Wildman–Crippen MR) is 102 cm³/mol. The summed E-state index contributed by atoms with van der Waals surface area (Å²) in [5.74, 6) is -0.171. The van der Waals surface area contributed by atoms with E-state index in [1.165, 1.54) is 0 Å². The molecule has 138 valence electrons. The van der Waals surface area contributed by atoms with E-state index in [9.17, 15) is 13.2 Å². The molecule has 0 aliphatic carbocycles. The van der Waals surface area contributed by atoms with Crippen molar-refractivity contribution in [3.8, 4) is 0 Å². The van der Waals surface area contributed by atoms with Crippen LogP contribution in [0.3, 0.4) is 0 Å². The Kier molecular flexibility index (Phi) is 5.44. The highest BCUT2D eigenvalue weighted by molar-refractivity contribution is 7.90. The molecule has 1 fully saturated rings. The van der Waals surface area contributed by atoms with Gasteiger partial charge in [0.25, 0.3) is 5.91 Å². The molecular weight excluding hydrogens is 348 g/mol. The molecule has 2 unspecified atom stereocenters. The van der Waals surface area contributed by atoms with Crippen molar-refractivity contribution in [2.24, 2.45) is 0 Å². The summed E-state index contributed by atoms with van der Waals surface area (Å²) in [6.07, 6.45) is 0. The summed E-state index contributed by atoms with van der Waals surface area (Å²) in [5.41, 5.74) is 1.15. The van der Waals surface area contributed by atoms with Crippen LogP contribution in [-0.2, 0) is 15.6 Å². The fourth-order valence-electron chi connectivity index (χ4n) is 3.23. The lowest BCUT2D eigenvalue weighted by atomic mass is 10.0. The minimum atomic E-state index is -3.44. The number of nitrogens with zero attached hydrogens (tertiary/aromatic N) is 1. The highest BCUT2D eigenvalue weighted by Gasteiger charge is 2.29. The number of piperazine rings is 1. The van der Waals surface area contributed by atoms with Crippen molar-refractivity contribution in [3.05, 3.63) is 65.7 Å². The van der Waals surface area contributed by atoms with Crippen LogP contribution in [0.15, 0.2) is 59.5 Å². The Morgan fingerprint density at radius 1 is 1.12 bits per heavy atom. The van der Waals surface area contributed by atoms with Crippen molar-refractivity contribution in [3.63, 3.8) is 0 Å². The van der Waals surface area contributed by atoms with Gasteiger partial charge in [0, 0.05) is 30.7 Å². The normalized spacial score (nSPS) is 20.8. The van der Waals surface area contributed by atoms with Gasteiger partial charge in [0.1, 0.15) is 0 Å². The molecular formula is C20H24N2O3S. The van der Waals surface area contributed by atoms with Gasteiger partial charge in [0.15, 0.2) is 9.84 Å². The van der Waals surface area contributed by atoms with Crippen LogP contribution in [0.2, 0.25) is 0 Å². The maximum Gasteiger partial charge on any atom is 0.254 e. The van der Waals surface area contributed by atoms with Gasteiger partial charge in [-0.15, -0.1) is 0 Å². The second-order valence-electron chi connectivity index (χ2n) is 6.75. The molecule has 2 aromatic rings. The molecule has 1 heterocycles. The lowest BCUT2D eigenvalue weighted by molar-refractivity contribution is 0.0603. The minimum absolute atomic E-state index is 0.0511. The van der Waals surface area contributed by atoms with E-state index in [0.717, 1.165) is 6.54 Å². The van der Waals surface area contributed by atoms with E-state index < -0.39 is 9.84 Å². The van der Waals surface area contributed by atoms with Crippen molar-refractivity contribution < 1.29 is 13.2 Å². The summed E-state index contributed by atoms with van der Waals surface area (Å²) in [4.78, 5) is 15.0. The van der Waals surface area contributed by atoms with Gasteiger partial charge in [-0.3, -0.25) is 4.79 Å². The molecule has 0 radical (unpaired) electrons. The Balaban J connectivity index is 1.81. The largest absolute Gasteiger partial charge is 0.333 e. The monoisotopic (exact) mass is 372 g/mol. The molecule has 0 spiro atoms. The molecule has 0 bridgehead atoms. The van der Waals surface area contributed by atoms with E-state index in [1.807, 2.05) is 11.8 Å². The molecule has 1 amide bonds. The molecule has 0 aromatic heterocycles. The summed E-state index contributed by atoms with van der Waals surface area (Å²) in [6, 6.07) is 15.7. The van der Waals surface area contributed by atoms with E-state index in [-0.39, 0.29) is 23.7 Å². The number of sulfone groups is 1. The van der Waals surface area contributed by atoms with E-state index >= 15 is 0 Å². The first kappa shape index (κ1) is 18.6. The van der Waals surface area contributed by atoms with Crippen molar-refractivity contribution in [2.75, 3.05) is 13.1 Å². The number of hydrogen-bond acceptors (Lipinski definition) is 4. The van der Waals surface area contributed by atoms with E-state index in [2.05, 4.69) is 12.2 Å². The van der Waals surface area contributed by atoms with E-state index in [1.54, 1.807) is 54.6 Å². The maximum absolute atomic E-state index is 12.9. The van der Waals surface area contributed by atoms with Gasteiger partial charge in [-0.1, -0.05) is 30.3 Å². The standard InChI is InChI=1S/C20H24N2O3S/c1-15-16(2)22(12-11-21-15)20(23)18-8-6-7-17(13-18)14-26(24,25)19-9-4-3-5-10-19/h3-10,13,15-16,21H,11-12,14H2,1-2H3. The van der Waals surface area contributed by atoms with Crippen LogP contribution in [0, 0.1) is 0 Å². The fourth-order valence-corrected chi connectivity index (χ4v) is 4.59. The van der Waals surface area contributed by atoms with E-state index in [4.69, 9.17) is 0 Å². The van der Waals surface area contributed by atoms with Gasteiger partial charge in [0.2, 0.25) is 0 Å². The third kappa shape index (κ3) is 3.97. The average molecular weight is 372 g/mol. The molecule has 26 heavy (non-hydrogen) atoms. The highest BCUT2D eigenvalue weighted by atomic mass is 32.2. The predicted octanol–water partition coefficient (Wildman–Crippen LogP) is 2.48. The van der Waals surface area contributed by atoms with Crippen molar-refractivity contribution >= 4 is 15.7 Å². The van der Waals surface area contributed by atoms with Crippen LogP contribution in [0.4, 0.5) is 0 Å². The van der Waals surface area contributed by atoms with Gasteiger partial charge in [0.05, 0.1) is 10.6 Å². The average Bonchev–Trinajstić information content (AvgIpc) is 2.64. The quantitative estimate of drug-likeness (QED) is 0.895. The third-order valence-electron chi connectivity index (χ3n) is 4.93. The number of benzene rings is 2. The fraction of sp³-hybridized carbons (Fsp3) is 0.350. The molecule has 1 N–H and O–H groups in total. The van der Waals surface area contributed by atoms with Crippen molar-refractivity contribution in [1.82, 2.24) is 10.2 Å². The minimum Gasteiger partial charge on any atom is -0.333 e. The lowest BCUT2D eigenvalue weighted by Crippen LogP contribution is -2.57. The van der Waals surface area contributed by atoms with Gasteiger partial charge < -0.3 is 10.2 Å². The van der Waals surface area contributed by atoms with Gasteiger partial charge in [-0.05, 0) is 43.7 Å². The molecule has 0 saturated carbocycles. The second kappa shape index (κ2) is 7.60. The Bertz CT molecular complexity index is 881. The SMILES string of the molecule is CC1NCCN(C(=O)c2cccc(CS(=O)(=O)c3ccccc3)c2)C1C. The first-order chi connectivity index (χ1) is 12.4. The number of amides is 1. The summed E-state index contributed by atoms with van der Waals surface area (Å²) in [6.45, 7) is 5.50. The molecule has 3 rings (SSSR count). The third-order valence-corrected chi connectivity index (χ3v) is 6.63. The van der Waals surface area contributed by atoms with Crippen LogP contribution in [-0.4, -0.2) is 44.4 Å². The zero-order valence-corrected chi connectivity index (χ0v) is 15.9. The second-order valence-corrected chi connectivity index (χ2v) is 8.74. The topological polar surface area (TPSA) is 66.5 Å². The summed E-state index contributed by atoms with van der Waals surface area (Å²) in [5, 5.41) is 3.36. The summed E-state index contributed by atoms with van der Waals surface area (Å²) in [7, 11) is -3.44. The van der Waals surface area contributed by atoms with Crippen LogP contribution in [0.5, 0.6) is 0 Å². The zero-order valence-electron chi connectivity index (χ0n) is 15.1. The molecule has 1 aliphatic heterocycles. The van der Waals surface area contributed by atoms with Gasteiger partial charge in [-0.2, -0.15) is 0 Å². The Labute approximate surface area is 154 Å². The number of nitrogens with one attached hydrogen (secondary N) is 1. The number of carbonyl (C=O) groups is 1. The molecule has 2 aromatic carbocycles. The van der Waals surface area contributed by atoms with Gasteiger partial charge in [-0.25, -0.2) is 8.42 Å². The summed E-state index contributed by atoms with van der Waals surface area (Å²) >= 11 is 0. The molecule has 6 heteroatoms. The van der Waals surface area contributed by atoms with Crippen LogP contribution >= 0.6 is 0 Å². The molecule has 1 aliphatic rings. The number of hydrogen-bond donors (Lipinski definition) is 1. The van der Waals surface area contributed by atoms with E-state index in [0.29, 0.717) is 22.6 Å². The van der Waals surface area contributed by atoms with Gasteiger partial charge >= 0.3 is 0 Å². The summed E-state index contributed by atoms with van der Waals surface area (Å²) < 4.78 is 25.2. The Hall–Kier alpha value is -2.18. The highest BCUT2D eigenvalue weighted by Crippen LogP contribution is 2.19. The molecule has 2 atom stereocenters. The molecule has 5 nitrogen and oxygen atoms in total. The van der Waals surface area contributed by atoms with Crippen molar-refractivity contribution in [1.29, 1.82) is 0 Å². The lowest BCUT2D eigenvalue weighted by Gasteiger charge is -2.38. The molecule has 1 saturated heterocycles. The number of rotatable bonds is 4. The zero-order chi connectivity index (χ0) is 18.7. The Morgan fingerprint density at radius 3 is 2.58 bits per heavy atom. The first-order valence-electron chi connectivity index (χ1n) is 8.79. The first-order valence-corrected chi connectivity index (χ1v) is 10.4. The Morgan fingerprint density at radius 2 is 1.85 bits per heavy atom. The van der Waals surface area contributed by atoms with Crippen LogP contribution < -0.4 is 5.32 Å².